The molecular weight excluding hydrogens is 168 g/mol. The molecule has 0 amide bonds. The number of hydrogen-bond acceptors (Lipinski definition) is 3. The van der Waals surface area contributed by atoms with E-state index in [4.69, 9.17) is 0 Å². The van der Waals surface area contributed by atoms with Crippen LogP contribution in [0.4, 0.5) is 0 Å². The van der Waals surface area contributed by atoms with Crippen LogP contribution in [0.25, 0.3) is 10.9 Å². The second-order valence-corrected chi connectivity index (χ2v) is 2.58. The van der Waals surface area contributed by atoms with Crippen LogP contribution in [0.5, 0.6) is 0 Å². The highest BCUT2D eigenvalue weighted by Gasteiger charge is 2.07. The van der Waals surface area contributed by atoms with E-state index in [9.17, 15) is 9.90 Å². The quantitative estimate of drug-likeness (QED) is 0.650. The van der Waals surface area contributed by atoms with E-state index in [0.717, 1.165) is 5.39 Å². The number of benzene rings is 1. The third-order valence-corrected chi connectivity index (χ3v) is 1.70. The number of aromatic nitrogens is 2. The molecule has 0 saturated heterocycles. The molecule has 0 spiro atoms. The first-order valence-corrected chi connectivity index (χ1v) is 3.71. The van der Waals surface area contributed by atoms with Gasteiger partial charge in [0.05, 0.1) is 5.52 Å². The highest BCUT2D eigenvalue weighted by atomic mass is 16.4. The molecule has 0 saturated carbocycles. The fourth-order valence-electron chi connectivity index (χ4n) is 1.08. The lowest BCUT2D eigenvalue weighted by molar-refractivity contribution is 0.0565. The zero-order valence-corrected chi connectivity index (χ0v) is 6.60. The lowest BCUT2D eigenvalue weighted by atomic mass is 10.2. The van der Waals surface area contributed by atoms with E-state index < -0.39 is 5.97 Å². The molecule has 1 aromatic heterocycles. The van der Waals surface area contributed by atoms with Crippen LogP contribution in [0.1, 0.15) is 10.5 Å². The van der Waals surface area contributed by atoms with Crippen molar-refractivity contribution in [2.75, 3.05) is 0 Å². The minimum absolute atomic E-state index is 0.140. The lowest BCUT2D eigenvalue weighted by Gasteiger charge is -1.94. The number of hydrogen-bond donors (Lipinski definition) is 0. The Hall–Kier alpha value is -1.97. The van der Waals surface area contributed by atoms with Gasteiger partial charge in [-0.1, -0.05) is 18.2 Å². The molecule has 0 fully saturated rings. The molecule has 0 N–H and O–H groups in total. The smallest absolute Gasteiger partial charge is 0.240 e. The summed E-state index contributed by atoms with van der Waals surface area (Å²) in [4.78, 5) is 10.4. The molecule has 1 radical (unpaired) electrons. The Morgan fingerprint density at radius 3 is 2.69 bits per heavy atom. The van der Waals surface area contributed by atoms with Crippen molar-refractivity contribution in [3.8, 4) is 0 Å². The first-order chi connectivity index (χ1) is 6.27. The Balaban J connectivity index is 2.69. The number of carbonyl (C=O) groups is 1. The largest absolute Gasteiger partial charge is 0.406 e. The van der Waals surface area contributed by atoms with Crippen LogP contribution in [-0.2, 0) is 5.11 Å². The van der Waals surface area contributed by atoms with Gasteiger partial charge in [0.2, 0.25) is 0 Å². The summed E-state index contributed by atoms with van der Waals surface area (Å²) in [6.45, 7) is 0. The molecule has 4 heteroatoms. The van der Waals surface area contributed by atoms with E-state index in [1.54, 1.807) is 12.1 Å². The maximum Gasteiger partial charge on any atom is 0.406 e. The Labute approximate surface area is 73.8 Å². The van der Waals surface area contributed by atoms with E-state index >= 15 is 0 Å². The van der Waals surface area contributed by atoms with Crippen LogP contribution in [0.2, 0.25) is 0 Å². The standard InChI is InChI=1S/C9H5N2O2/c12-9(13)8-5-6-3-1-2-4-7(6)10-11-8/h1-5H. The molecule has 0 atom stereocenters. The van der Waals surface area contributed by atoms with Gasteiger partial charge in [0, 0.05) is 5.39 Å². The summed E-state index contributed by atoms with van der Waals surface area (Å²) in [5.74, 6) is -1.31. The topological polar surface area (TPSA) is 62.8 Å². The van der Waals surface area contributed by atoms with Crippen LogP contribution in [0.3, 0.4) is 0 Å². The predicted octanol–water partition coefficient (Wildman–Crippen LogP) is 1.20. The zero-order valence-electron chi connectivity index (χ0n) is 6.60. The summed E-state index contributed by atoms with van der Waals surface area (Å²) in [5.41, 5.74) is 0.534. The summed E-state index contributed by atoms with van der Waals surface area (Å²) < 4.78 is 0. The first kappa shape index (κ1) is 7.67. The summed E-state index contributed by atoms with van der Waals surface area (Å²) >= 11 is 0. The maximum atomic E-state index is 10.4. The highest BCUT2D eigenvalue weighted by Crippen LogP contribution is 2.10. The minimum atomic E-state index is -1.31. The van der Waals surface area contributed by atoms with Gasteiger partial charge in [0.1, 0.15) is 0 Å². The van der Waals surface area contributed by atoms with Crippen LogP contribution in [0.15, 0.2) is 30.3 Å². The van der Waals surface area contributed by atoms with E-state index in [0.29, 0.717) is 5.52 Å². The zero-order chi connectivity index (χ0) is 9.26. The SMILES string of the molecule is [O]C(=O)c1cc2ccccc2nn1. The number of fused-ring (bicyclic) bond motifs is 1. The Kier molecular flexibility index (Phi) is 1.66. The molecule has 2 rings (SSSR count). The highest BCUT2D eigenvalue weighted by molar-refractivity contribution is 5.89. The molecule has 4 nitrogen and oxygen atoms in total. The van der Waals surface area contributed by atoms with Crippen molar-refractivity contribution in [3.05, 3.63) is 36.0 Å². The predicted molar refractivity (Wildman–Crippen MR) is 44.6 cm³/mol. The van der Waals surface area contributed by atoms with Crippen molar-refractivity contribution in [1.29, 1.82) is 0 Å². The third-order valence-electron chi connectivity index (χ3n) is 1.70. The van der Waals surface area contributed by atoms with Gasteiger partial charge in [0.15, 0.2) is 5.69 Å². The van der Waals surface area contributed by atoms with Gasteiger partial charge in [-0.05, 0) is 12.1 Å². The second kappa shape index (κ2) is 2.82. The number of carbonyl (C=O) groups excluding carboxylic acids is 1. The van der Waals surface area contributed by atoms with Gasteiger partial charge in [-0.15, -0.1) is 10.2 Å². The van der Waals surface area contributed by atoms with Crippen LogP contribution < -0.4 is 0 Å². The normalized spacial score (nSPS) is 10.2. The average Bonchev–Trinajstić information content (AvgIpc) is 2.17. The molecule has 13 heavy (non-hydrogen) atoms. The van der Waals surface area contributed by atoms with Crippen molar-refractivity contribution in [3.63, 3.8) is 0 Å². The van der Waals surface area contributed by atoms with Crippen LogP contribution >= 0.6 is 0 Å². The molecule has 1 heterocycles. The van der Waals surface area contributed by atoms with Gasteiger partial charge >= 0.3 is 5.97 Å². The van der Waals surface area contributed by atoms with E-state index in [1.807, 2.05) is 12.1 Å². The summed E-state index contributed by atoms with van der Waals surface area (Å²) in [7, 11) is 0. The van der Waals surface area contributed by atoms with Crippen molar-refractivity contribution in [2.24, 2.45) is 0 Å². The third kappa shape index (κ3) is 1.33. The van der Waals surface area contributed by atoms with Crippen molar-refractivity contribution >= 4 is 16.9 Å². The maximum absolute atomic E-state index is 10.4. The Morgan fingerprint density at radius 1 is 1.15 bits per heavy atom. The molecule has 2 aromatic rings. The van der Waals surface area contributed by atoms with Crippen molar-refractivity contribution in [1.82, 2.24) is 10.2 Å². The molecule has 0 aliphatic rings. The van der Waals surface area contributed by atoms with Crippen molar-refractivity contribution in [2.45, 2.75) is 0 Å². The van der Waals surface area contributed by atoms with Gasteiger partial charge < -0.3 is 0 Å². The molecule has 0 unspecified atom stereocenters. The molecule has 1 aromatic carbocycles. The fraction of sp³-hybridized carbons (Fsp3) is 0. The molecular formula is C9H5N2O2. The monoisotopic (exact) mass is 173 g/mol. The number of rotatable bonds is 1. The van der Waals surface area contributed by atoms with Crippen LogP contribution in [0, 0.1) is 0 Å². The molecule has 0 aliphatic carbocycles. The number of nitrogens with zero attached hydrogens (tertiary/aromatic N) is 2. The lowest BCUT2D eigenvalue weighted by Crippen LogP contribution is -1.99. The Bertz CT molecular complexity index is 468. The summed E-state index contributed by atoms with van der Waals surface area (Å²) in [6, 6.07) is 8.61. The Morgan fingerprint density at radius 2 is 1.92 bits per heavy atom. The second-order valence-electron chi connectivity index (χ2n) is 2.58. The molecule has 0 aliphatic heterocycles. The molecule has 63 valence electrons. The summed E-state index contributed by atoms with van der Waals surface area (Å²) in [6.07, 6.45) is 0. The summed E-state index contributed by atoms with van der Waals surface area (Å²) in [5, 5.41) is 18.4. The van der Waals surface area contributed by atoms with E-state index in [-0.39, 0.29) is 5.69 Å². The first-order valence-electron chi connectivity index (χ1n) is 3.71. The average molecular weight is 173 g/mol. The van der Waals surface area contributed by atoms with Gasteiger partial charge in [-0.2, -0.15) is 0 Å². The van der Waals surface area contributed by atoms with Crippen molar-refractivity contribution < 1.29 is 9.90 Å². The van der Waals surface area contributed by atoms with E-state index in [2.05, 4.69) is 10.2 Å². The molecule has 0 bridgehead atoms. The van der Waals surface area contributed by atoms with Gasteiger partial charge in [0.25, 0.3) is 0 Å². The minimum Gasteiger partial charge on any atom is -0.240 e. The van der Waals surface area contributed by atoms with Gasteiger partial charge in [-0.25, -0.2) is 9.90 Å². The fourth-order valence-corrected chi connectivity index (χ4v) is 1.08. The van der Waals surface area contributed by atoms with E-state index in [1.165, 1.54) is 6.07 Å². The van der Waals surface area contributed by atoms with Crippen LogP contribution in [-0.4, -0.2) is 16.2 Å². The van der Waals surface area contributed by atoms with Gasteiger partial charge in [-0.3, -0.25) is 0 Å².